The van der Waals surface area contributed by atoms with Crippen molar-refractivity contribution in [2.45, 2.75) is 5.33 Å². The highest BCUT2D eigenvalue weighted by Gasteiger charge is 2.08. The van der Waals surface area contributed by atoms with E-state index in [9.17, 15) is 10.1 Å². The first-order chi connectivity index (χ1) is 7.31. The number of non-ortho nitro benzene ring substituents is 1. The van der Waals surface area contributed by atoms with Crippen molar-refractivity contribution < 1.29 is 13.8 Å². The number of benzene rings is 1. The van der Waals surface area contributed by atoms with Crippen molar-refractivity contribution in [3.05, 3.63) is 33.9 Å². The highest BCUT2D eigenvalue weighted by molar-refractivity contribution is 9.08. The lowest BCUT2D eigenvalue weighted by Crippen LogP contribution is -1.92. The average Bonchev–Trinajstić information content (AvgIpc) is 2.14. The summed E-state index contributed by atoms with van der Waals surface area (Å²) in [5.74, 6) is -0.0383. The van der Waals surface area contributed by atoms with Gasteiger partial charge >= 0.3 is 0 Å². The molecule has 0 heterocycles. The zero-order valence-corrected chi connectivity index (χ0v) is 8.08. The predicted octanol–water partition coefficient (Wildman–Crippen LogP) is 2.50. The van der Waals surface area contributed by atoms with Gasteiger partial charge in [0.2, 0.25) is 0 Å². The molecule has 0 bridgehead atoms. The molecule has 13 heavy (non-hydrogen) atoms. The number of ether oxygens (including phenoxy) is 1. The van der Waals surface area contributed by atoms with Gasteiger partial charge in [-0.05, 0) is 11.6 Å². The molecular weight excluding hydrogens is 238 g/mol. The lowest BCUT2D eigenvalue weighted by Gasteiger charge is -2.01. The molecule has 0 amide bonds. The number of hydrogen-bond donors (Lipinski definition) is 0. The Labute approximate surface area is 88.0 Å². The Kier molecular flexibility index (Phi) is 2.07. The van der Waals surface area contributed by atoms with Gasteiger partial charge in [-0.2, -0.15) is 0 Å². The molecule has 1 aromatic rings. The van der Waals surface area contributed by atoms with Crippen molar-refractivity contribution in [2.24, 2.45) is 0 Å². The zero-order chi connectivity index (χ0) is 12.3. The average molecular weight is 249 g/mol. The second kappa shape index (κ2) is 4.23. The largest absolute Gasteiger partial charge is 0.496 e. The first-order valence-electron chi connectivity index (χ1n) is 4.85. The molecule has 0 spiro atoms. The van der Waals surface area contributed by atoms with E-state index >= 15 is 0 Å². The summed E-state index contributed by atoms with van der Waals surface area (Å²) in [6.45, 7) is 0. The number of nitrogens with zero attached hydrogens (tertiary/aromatic N) is 1. The van der Waals surface area contributed by atoms with Crippen molar-refractivity contribution >= 4 is 21.6 Å². The van der Waals surface area contributed by atoms with Crippen LogP contribution in [0.1, 0.15) is 9.68 Å². The molecule has 0 aliphatic heterocycles. The van der Waals surface area contributed by atoms with E-state index in [1.54, 1.807) is 0 Å². The molecule has 5 heteroatoms. The summed E-state index contributed by atoms with van der Waals surface area (Å²) in [6, 6.07) is 3.87. The van der Waals surface area contributed by atoms with Gasteiger partial charge in [0, 0.05) is 11.4 Å². The van der Waals surface area contributed by atoms with Gasteiger partial charge in [-0.15, -0.1) is 0 Å². The fraction of sp³-hybridized carbons (Fsp3) is 0.250. The third kappa shape index (κ3) is 2.42. The molecule has 70 valence electrons. The lowest BCUT2D eigenvalue weighted by atomic mass is 10.2. The van der Waals surface area contributed by atoms with Crippen LogP contribution in [0.2, 0.25) is 0 Å². The number of hydrogen-bond acceptors (Lipinski definition) is 3. The van der Waals surface area contributed by atoms with E-state index in [0.29, 0.717) is 10.9 Å². The SMILES string of the molecule is [2H]C([2H])([2H])Oc1cc(CBr)cc([N+](=O)[O-])c1. The molecule has 0 unspecified atom stereocenters. The van der Waals surface area contributed by atoms with Crippen LogP contribution in [-0.4, -0.2) is 12.0 Å². The van der Waals surface area contributed by atoms with Gasteiger partial charge in [-0.3, -0.25) is 10.1 Å². The highest BCUT2D eigenvalue weighted by atomic mass is 79.9. The maximum absolute atomic E-state index is 10.6. The lowest BCUT2D eigenvalue weighted by molar-refractivity contribution is -0.385. The van der Waals surface area contributed by atoms with Crippen LogP contribution in [0.5, 0.6) is 5.75 Å². The first-order valence-corrected chi connectivity index (χ1v) is 4.47. The number of methoxy groups -OCH3 is 1. The van der Waals surface area contributed by atoms with E-state index in [-0.39, 0.29) is 11.4 Å². The molecule has 0 saturated heterocycles. The van der Waals surface area contributed by atoms with Gasteiger partial charge in [0.25, 0.3) is 5.69 Å². The summed E-state index contributed by atoms with van der Waals surface area (Å²) in [5.41, 5.74) is 0.379. The van der Waals surface area contributed by atoms with Gasteiger partial charge < -0.3 is 4.74 Å². The Morgan fingerprint density at radius 3 is 3.00 bits per heavy atom. The van der Waals surface area contributed by atoms with Crippen molar-refractivity contribution in [3.8, 4) is 5.75 Å². The van der Waals surface area contributed by atoms with Crippen molar-refractivity contribution in [2.75, 3.05) is 7.04 Å². The molecule has 0 aromatic heterocycles. The van der Waals surface area contributed by atoms with Gasteiger partial charge in [0.1, 0.15) is 5.75 Å². The van der Waals surface area contributed by atoms with Gasteiger partial charge in [0.05, 0.1) is 22.1 Å². The quantitative estimate of drug-likeness (QED) is 0.469. The molecule has 0 radical (unpaired) electrons. The number of nitro benzene ring substituents is 1. The molecule has 0 atom stereocenters. The van der Waals surface area contributed by atoms with Crippen LogP contribution in [-0.2, 0) is 5.33 Å². The molecule has 1 rings (SSSR count). The smallest absolute Gasteiger partial charge is 0.273 e. The van der Waals surface area contributed by atoms with Crippen LogP contribution in [0, 0.1) is 10.1 Å². The van der Waals surface area contributed by atoms with Crippen LogP contribution in [0.15, 0.2) is 18.2 Å². The van der Waals surface area contributed by atoms with Crippen LogP contribution in [0.4, 0.5) is 5.69 Å². The maximum Gasteiger partial charge on any atom is 0.273 e. The minimum absolute atomic E-state index is 0.0383. The molecular formula is C8H8BrNO3. The van der Waals surface area contributed by atoms with E-state index in [2.05, 4.69) is 20.7 Å². The summed E-state index contributed by atoms with van der Waals surface area (Å²) in [6.07, 6.45) is 0. The Bertz CT molecular complexity index is 408. The summed E-state index contributed by atoms with van der Waals surface area (Å²) in [5, 5.41) is 11.0. The Hall–Kier alpha value is -1.10. The molecule has 4 nitrogen and oxygen atoms in total. The Morgan fingerprint density at radius 2 is 2.46 bits per heavy atom. The normalized spacial score (nSPS) is 14.1. The Balaban J connectivity index is 3.09. The summed E-state index contributed by atoms with van der Waals surface area (Å²) in [4.78, 5) is 9.98. The number of alkyl halides is 1. The van der Waals surface area contributed by atoms with Crippen LogP contribution < -0.4 is 4.74 Å². The van der Waals surface area contributed by atoms with Crippen LogP contribution >= 0.6 is 15.9 Å². The van der Waals surface area contributed by atoms with Gasteiger partial charge in [-0.1, -0.05) is 15.9 Å². The van der Waals surface area contributed by atoms with E-state index in [1.165, 1.54) is 12.1 Å². The van der Waals surface area contributed by atoms with E-state index in [4.69, 9.17) is 4.11 Å². The molecule has 0 fully saturated rings. The fourth-order valence-corrected chi connectivity index (χ4v) is 1.21. The van der Waals surface area contributed by atoms with E-state index in [1.807, 2.05) is 0 Å². The Morgan fingerprint density at radius 1 is 1.69 bits per heavy atom. The number of nitro groups is 1. The molecule has 0 aliphatic carbocycles. The first kappa shape index (κ1) is 6.37. The summed E-state index contributed by atoms with van der Waals surface area (Å²) >= 11 is 3.14. The van der Waals surface area contributed by atoms with Crippen molar-refractivity contribution in [1.82, 2.24) is 0 Å². The third-order valence-electron chi connectivity index (χ3n) is 1.43. The molecule has 0 N–H and O–H groups in total. The topological polar surface area (TPSA) is 52.4 Å². The maximum atomic E-state index is 10.6. The minimum atomic E-state index is -2.61. The fourth-order valence-electron chi connectivity index (χ4n) is 0.885. The van der Waals surface area contributed by atoms with Crippen molar-refractivity contribution in [1.29, 1.82) is 0 Å². The second-order valence-electron chi connectivity index (χ2n) is 2.33. The monoisotopic (exact) mass is 248 g/mol. The van der Waals surface area contributed by atoms with Gasteiger partial charge in [0.15, 0.2) is 0 Å². The summed E-state index contributed by atoms with van der Waals surface area (Å²) < 4.78 is 25.3. The minimum Gasteiger partial charge on any atom is -0.496 e. The second-order valence-corrected chi connectivity index (χ2v) is 2.89. The van der Waals surface area contributed by atoms with E-state index < -0.39 is 12.0 Å². The summed E-state index contributed by atoms with van der Waals surface area (Å²) in [7, 11) is -2.61. The number of halogens is 1. The van der Waals surface area contributed by atoms with Crippen LogP contribution in [0.3, 0.4) is 0 Å². The predicted molar refractivity (Wildman–Crippen MR) is 52.3 cm³/mol. The van der Waals surface area contributed by atoms with Crippen molar-refractivity contribution in [3.63, 3.8) is 0 Å². The molecule has 1 aromatic carbocycles. The third-order valence-corrected chi connectivity index (χ3v) is 2.08. The molecule has 0 aliphatic rings. The highest BCUT2D eigenvalue weighted by Crippen LogP contribution is 2.23. The van der Waals surface area contributed by atoms with Gasteiger partial charge in [-0.25, -0.2) is 0 Å². The number of rotatable bonds is 3. The zero-order valence-electron chi connectivity index (χ0n) is 9.49. The molecule has 0 saturated carbocycles. The van der Waals surface area contributed by atoms with Crippen LogP contribution in [0.25, 0.3) is 0 Å². The van der Waals surface area contributed by atoms with E-state index in [0.717, 1.165) is 6.07 Å². The standard InChI is InChI=1S/C8H8BrNO3/c1-13-8-3-6(5-9)2-7(4-8)10(11)12/h2-4H,5H2,1H3/i1D3.